The predicted octanol–water partition coefficient (Wildman–Crippen LogP) is 3.97. The number of alkyl halides is 3. The smallest absolute Gasteiger partial charge is 0.392 e. The molecule has 0 saturated heterocycles. The van der Waals surface area contributed by atoms with Gasteiger partial charge in [0.2, 0.25) is 0 Å². The third-order valence-electron chi connectivity index (χ3n) is 4.79. The Hall–Kier alpha value is -2.91. The maximum atomic E-state index is 13.1. The van der Waals surface area contributed by atoms with Gasteiger partial charge in [0, 0.05) is 17.0 Å². The quantitative estimate of drug-likeness (QED) is 0.544. The monoisotopic (exact) mass is 467 g/mol. The average Bonchev–Trinajstić information content (AvgIpc) is 3.01. The average molecular weight is 468 g/mol. The van der Waals surface area contributed by atoms with Gasteiger partial charge in [-0.15, -0.1) is 5.10 Å². The molecular formula is C22H21ClF3N3O3. The van der Waals surface area contributed by atoms with Crippen LogP contribution in [0.15, 0.2) is 53.3 Å². The summed E-state index contributed by atoms with van der Waals surface area (Å²) in [5.41, 5.74) is -0.796. The predicted molar refractivity (Wildman–Crippen MR) is 113 cm³/mol. The fourth-order valence-corrected chi connectivity index (χ4v) is 3.45. The van der Waals surface area contributed by atoms with Crippen LogP contribution < -0.4 is 5.69 Å². The summed E-state index contributed by atoms with van der Waals surface area (Å²) in [6.45, 7) is 1.09. The van der Waals surface area contributed by atoms with Gasteiger partial charge in [0.15, 0.2) is 11.6 Å². The SMILES string of the molecule is CC(O)Cn1c(-c2ccc(Cl)cc2)nn(CC(=O)CCc2ccccc2C(F)(F)F)c1=O. The number of rotatable bonds is 8. The van der Waals surface area contributed by atoms with Gasteiger partial charge in [-0.3, -0.25) is 9.36 Å². The highest BCUT2D eigenvalue weighted by Gasteiger charge is 2.32. The molecule has 1 N–H and O–H groups in total. The molecule has 10 heteroatoms. The van der Waals surface area contributed by atoms with Crippen molar-refractivity contribution in [2.45, 2.75) is 45.1 Å². The Balaban J connectivity index is 1.81. The van der Waals surface area contributed by atoms with E-state index in [0.29, 0.717) is 10.6 Å². The van der Waals surface area contributed by atoms with E-state index < -0.39 is 29.3 Å². The molecule has 1 unspecified atom stereocenters. The van der Waals surface area contributed by atoms with Gasteiger partial charge in [-0.1, -0.05) is 29.8 Å². The number of hydrogen-bond acceptors (Lipinski definition) is 4. The lowest BCUT2D eigenvalue weighted by atomic mass is 10.0. The Morgan fingerprint density at radius 2 is 1.81 bits per heavy atom. The lowest BCUT2D eigenvalue weighted by Gasteiger charge is -2.12. The fourth-order valence-electron chi connectivity index (χ4n) is 3.32. The van der Waals surface area contributed by atoms with Crippen molar-refractivity contribution in [2.24, 2.45) is 0 Å². The molecule has 1 aromatic heterocycles. The molecule has 3 rings (SSSR count). The first-order valence-corrected chi connectivity index (χ1v) is 10.2. The minimum Gasteiger partial charge on any atom is -0.392 e. The minimum absolute atomic E-state index is 0.0159. The zero-order chi connectivity index (χ0) is 23.5. The number of carbonyl (C=O) groups is 1. The van der Waals surface area contributed by atoms with E-state index in [-0.39, 0.29) is 37.3 Å². The van der Waals surface area contributed by atoms with Crippen molar-refractivity contribution in [3.8, 4) is 11.4 Å². The van der Waals surface area contributed by atoms with E-state index in [1.807, 2.05) is 0 Å². The van der Waals surface area contributed by atoms with Crippen LogP contribution in [0, 0.1) is 0 Å². The molecule has 6 nitrogen and oxygen atoms in total. The Morgan fingerprint density at radius 1 is 1.16 bits per heavy atom. The molecule has 3 aromatic rings. The van der Waals surface area contributed by atoms with E-state index in [9.17, 15) is 27.9 Å². The Morgan fingerprint density at radius 3 is 2.44 bits per heavy atom. The Bertz CT molecular complexity index is 1150. The summed E-state index contributed by atoms with van der Waals surface area (Å²) in [5.74, 6) is -0.184. The minimum atomic E-state index is -4.51. The molecule has 0 aliphatic rings. The maximum absolute atomic E-state index is 13.1. The standard InChI is InChI=1S/C22H21ClF3N3O3/c1-14(30)12-28-20(16-6-9-17(23)10-7-16)27-29(21(28)32)13-18(31)11-8-15-4-2-3-5-19(15)22(24,25)26/h2-7,9-10,14,30H,8,11-13H2,1H3. The zero-order valence-electron chi connectivity index (χ0n) is 17.1. The number of aliphatic hydroxyl groups is 1. The summed E-state index contributed by atoms with van der Waals surface area (Å²) in [6.07, 6.45) is -5.64. The molecule has 0 aliphatic heterocycles. The number of carbonyl (C=O) groups excluding carboxylic acids is 1. The van der Waals surface area contributed by atoms with Crippen LogP contribution in [0.1, 0.15) is 24.5 Å². The largest absolute Gasteiger partial charge is 0.416 e. The second kappa shape index (κ2) is 9.70. The van der Waals surface area contributed by atoms with Gasteiger partial charge in [0.1, 0.15) is 6.54 Å². The van der Waals surface area contributed by atoms with Crippen molar-refractivity contribution < 1.29 is 23.1 Å². The summed E-state index contributed by atoms with van der Waals surface area (Å²) in [7, 11) is 0. The molecule has 0 radical (unpaired) electrons. The van der Waals surface area contributed by atoms with E-state index in [1.165, 1.54) is 29.7 Å². The van der Waals surface area contributed by atoms with Crippen LogP contribution in [0.3, 0.4) is 0 Å². The molecule has 0 saturated carbocycles. The molecule has 0 aliphatic carbocycles. The summed E-state index contributed by atoms with van der Waals surface area (Å²) < 4.78 is 41.6. The number of Topliss-reactive ketones (excluding diaryl/α,β-unsaturated/α-hetero) is 1. The van der Waals surface area contributed by atoms with Gasteiger partial charge in [-0.25, -0.2) is 9.48 Å². The number of aromatic nitrogens is 3. The topological polar surface area (TPSA) is 77.1 Å². The molecule has 32 heavy (non-hydrogen) atoms. The van der Waals surface area contributed by atoms with Crippen LogP contribution in [-0.4, -0.2) is 31.3 Å². The normalized spacial score (nSPS) is 12.7. The molecule has 0 amide bonds. The highest BCUT2D eigenvalue weighted by Crippen LogP contribution is 2.32. The Kier molecular flexibility index (Phi) is 7.20. The van der Waals surface area contributed by atoms with Crippen LogP contribution in [0.25, 0.3) is 11.4 Å². The van der Waals surface area contributed by atoms with Gasteiger partial charge >= 0.3 is 11.9 Å². The van der Waals surface area contributed by atoms with Gasteiger partial charge in [0.25, 0.3) is 0 Å². The first-order valence-electron chi connectivity index (χ1n) is 9.84. The van der Waals surface area contributed by atoms with Crippen molar-refractivity contribution in [1.29, 1.82) is 0 Å². The van der Waals surface area contributed by atoms with Crippen molar-refractivity contribution in [2.75, 3.05) is 0 Å². The van der Waals surface area contributed by atoms with Crippen LogP contribution in [0.2, 0.25) is 5.02 Å². The van der Waals surface area contributed by atoms with E-state index in [2.05, 4.69) is 5.10 Å². The second-order valence-electron chi connectivity index (χ2n) is 7.42. The van der Waals surface area contributed by atoms with Crippen molar-refractivity contribution in [3.05, 3.63) is 75.2 Å². The molecule has 0 bridgehead atoms. The molecule has 0 spiro atoms. The number of aliphatic hydroxyl groups excluding tert-OH is 1. The zero-order valence-corrected chi connectivity index (χ0v) is 17.9. The Labute approximate surface area is 186 Å². The molecule has 1 heterocycles. The highest BCUT2D eigenvalue weighted by molar-refractivity contribution is 6.30. The molecule has 0 fully saturated rings. The van der Waals surface area contributed by atoms with E-state index >= 15 is 0 Å². The van der Waals surface area contributed by atoms with Gasteiger partial charge < -0.3 is 5.11 Å². The molecule has 1 atom stereocenters. The number of nitrogens with zero attached hydrogens (tertiary/aromatic N) is 3. The van der Waals surface area contributed by atoms with Crippen molar-refractivity contribution in [1.82, 2.24) is 14.3 Å². The lowest BCUT2D eigenvalue weighted by molar-refractivity contribution is -0.138. The van der Waals surface area contributed by atoms with Gasteiger partial charge in [-0.05, 0) is 49.2 Å². The summed E-state index contributed by atoms with van der Waals surface area (Å²) in [6, 6.07) is 11.6. The molecule has 2 aromatic carbocycles. The number of hydrogen-bond donors (Lipinski definition) is 1. The molecule has 170 valence electrons. The first-order chi connectivity index (χ1) is 15.1. The first kappa shape index (κ1) is 23.7. The third-order valence-corrected chi connectivity index (χ3v) is 5.05. The third kappa shape index (κ3) is 5.66. The van der Waals surface area contributed by atoms with Gasteiger partial charge in [-0.2, -0.15) is 13.2 Å². The van der Waals surface area contributed by atoms with Crippen LogP contribution in [-0.2, 0) is 30.5 Å². The van der Waals surface area contributed by atoms with Crippen molar-refractivity contribution >= 4 is 17.4 Å². The van der Waals surface area contributed by atoms with Crippen LogP contribution >= 0.6 is 11.6 Å². The number of aryl methyl sites for hydroxylation is 1. The number of halogens is 4. The lowest BCUT2D eigenvalue weighted by Crippen LogP contribution is -2.30. The van der Waals surface area contributed by atoms with Crippen LogP contribution in [0.5, 0.6) is 0 Å². The van der Waals surface area contributed by atoms with Crippen LogP contribution in [0.4, 0.5) is 13.2 Å². The van der Waals surface area contributed by atoms with Crippen molar-refractivity contribution in [3.63, 3.8) is 0 Å². The van der Waals surface area contributed by atoms with E-state index in [0.717, 1.165) is 10.7 Å². The van der Waals surface area contributed by atoms with E-state index in [1.54, 1.807) is 24.3 Å². The summed E-state index contributed by atoms with van der Waals surface area (Å²) >= 11 is 5.90. The summed E-state index contributed by atoms with van der Waals surface area (Å²) in [5, 5.41) is 14.5. The fraction of sp³-hybridized carbons (Fsp3) is 0.318. The molecular weight excluding hydrogens is 447 g/mol. The second-order valence-corrected chi connectivity index (χ2v) is 7.86. The number of ketones is 1. The number of benzene rings is 2. The van der Waals surface area contributed by atoms with E-state index in [4.69, 9.17) is 11.6 Å². The van der Waals surface area contributed by atoms with Gasteiger partial charge in [0.05, 0.1) is 18.2 Å². The summed E-state index contributed by atoms with van der Waals surface area (Å²) in [4.78, 5) is 25.3. The maximum Gasteiger partial charge on any atom is 0.416 e. The highest BCUT2D eigenvalue weighted by atomic mass is 35.5.